The van der Waals surface area contributed by atoms with E-state index in [1.807, 2.05) is 44.2 Å². The van der Waals surface area contributed by atoms with E-state index in [4.69, 9.17) is 22.6 Å². The number of nitrogens with zero attached hydrogens (tertiary/aromatic N) is 4. The van der Waals surface area contributed by atoms with Crippen LogP contribution in [0.4, 0.5) is 5.69 Å². The summed E-state index contributed by atoms with van der Waals surface area (Å²) in [5.74, 6) is 0.902. The van der Waals surface area contributed by atoms with Gasteiger partial charge in [0.05, 0.1) is 26.3 Å². The minimum Gasteiger partial charge on any atom is -0.505 e. The molecule has 6 nitrogen and oxygen atoms in total. The zero-order valence-corrected chi connectivity index (χ0v) is 23.4. The molecule has 0 N–H and O–H groups in total. The highest BCUT2D eigenvalue weighted by Crippen LogP contribution is 2.41. The van der Waals surface area contributed by atoms with E-state index in [0.717, 1.165) is 47.0 Å². The van der Waals surface area contributed by atoms with E-state index in [2.05, 4.69) is 58.8 Å². The van der Waals surface area contributed by atoms with Crippen LogP contribution in [0.3, 0.4) is 0 Å². The third-order valence-corrected chi connectivity index (χ3v) is 7.09. The average molecular weight is 525 g/mol. The second-order valence-electron chi connectivity index (χ2n) is 9.21. The number of allylic oxidation sites excluding steroid dienone is 1. The van der Waals surface area contributed by atoms with Crippen LogP contribution in [0, 0.1) is 24.5 Å². The Bertz CT molecular complexity index is 1400. The highest BCUT2D eigenvalue weighted by atomic mass is 32.1. The Kier molecular flexibility index (Phi) is 9.55. The molecule has 1 aliphatic heterocycles. The summed E-state index contributed by atoms with van der Waals surface area (Å²) < 4.78 is 11.5. The van der Waals surface area contributed by atoms with Gasteiger partial charge in [-0.15, -0.1) is 11.3 Å². The van der Waals surface area contributed by atoms with E-state index < -0.39 is 5.60 Å². The van der Waals surface area contributed by atoms with E-state index in [1.165, 1.54) is 5.69 Å². The van der Waals surface area contributed by atoms with Gasteiger partial charge in [0, 0.05) is 45.7 Å². The molecule has 0 saturated carbocycles. The molecule has 2 aromatic rings. The van der Waals surface area contributed by atoms with Crippen LogP contribution in [0.15, 0.2) is 59.1 Å². The van der Waals surface area contributed by atoms with Crippen LogP contribution in [0.25, 0.3) is 27.9 Å². The highest BCUT2D eigenvalue weighted by Gasteiger charge is 2.38. The van der Waals surface area contributed by atoms with Crippen LogP contribution in [0.2, 0.25) is 0 Å². The topological polar surface area (TPSA) is 54.2 Å². The average Bonchev–Trinajstić information content (AvgIpc) is 3.47. The zero-order valence-electron chi connectivity index (χ0n) is 22.5. The van der Waals surface area contributed by atoms with Crippen LogP contribution >= 0.6 is 11.3 Å². The van der Waals surface area contributed by atoms with Crippen LogP contribution < -0.4 is 9.64 Å². The van der Waals surface area contributed by atoms with Gasteiger partial charge in [-0.2, -0.15) is 0 Å². The molecule has 1 aromatic carbocycles. The number of benzene rings is 1. The van der Waals surface area contributed by atoms with Crippen molar-refractivity contribution in [3.63, 3.8) is 0 Å². The molecule has 7 heteroatoms. The molecule has 2 heterocycles. The van der Waals surface area contributed by atoms with Gasteiger partial charge < -0.3 is 14.4 Å². The van der Waals surface area contributed by atoms with Crippen LogP contribution in [-0.2, 0) is 4.74 Å². The van der Waals surface area contributed by atoms with Gasteiger partial charge in [-0.05, 0) is 69.2 Å². The van der Waals surface area contributed by atoms with Gasteiger partial charge >= 0.3 is 0 Å². The Hall–Kier alpha value is -4.25. The molecule has 1 aromatic heterocycles. The number of nitriles is 1. The molecule has 0 saturated heterocycles. The quantitative estimate of drug-likeness (QED) is 0.232. The first-order chi connectivity index (χ1) is 18.3. The van der Waals surface area contributed by atoms with Crippen molar-refractivity contribution in [2.45, 2.75) is 46.1 Å². The van der Waals surface area contributed by atoms with Gasteiger partial charge in [0.1, 0.15) is 17.1 Å². The number of hydrogen-bond acceptors (Lipinski definition) is 5. The largest absolute Gasteiger partial charge is 0.505 e. The maximum absolute atomic E-state index is 9.25. The van der Waals surface area contributed by atoms with E-state index in [9.17, 15) is 5.26 Å². The Morgan fingerprint density at radius 3 is 2.29 bits per heavy atom. The van der Waals surface area contributed by atoms with Gasteiger partial charge in [-0.1, -0.05) is 19.9 Å². The summed E-state index contributed by atoms with van der Waals surface area (Å²) >= 11 is 1.62. The number of methoxy groups -OCH3 is 1. The summed E-state index contributed by atoms with van der Waals surface area (Å²) in [4.78, 5) is 11.3. The first kappa shape index (κ1) is 28.3. The summed E-state index contributed by atoms with van der Waals surface area (Å²) in [6.07, 6.45) is 10.1. The maximum Gasteiger partial charge on any atom is 0.292 e. The van der Waals surface area contributed by atoms with Crippen molar-refractivity contribution in [1.82, 2.24) is 0 Å². The Morgan fingerprint density at radius 2 is 1.74 bits per heavy atom. The van der Waals surface area contributed by atoms with E-state index in [1.54, 1.807) is 18.4 Å². The van der Waals surface area contributed by atoms with Crippen molar-refractivity contribution < 1.29 is 9.47 Å². The van der Waals surface area contributed by atoms with Crippen molar-refractivity contribution >= 4 is 35.3 Å². The van der Waals surface area contributed by atoms with Gasteiger partial charge in [0.15, 0.2) is 0 Å². The Morgan fingerprint density at radius 1 is 1.08 bits per heavy atom. The van der Waals surface area contributed by atoms with E-state index >= 15 is 0 Å². The van der Waals surface area contributed by atoms with Crippen LogP contribution in [-0.4, -0.2) is 25.8 Å². The van der Waals surface area contributed by atoms with Gasteiger partial charge in [-0.3, -0.25) is 0 Å². The maximum atomic E-state index is 9.25. The molecule has 0 unspecified atom stereocenters. The van der Waals surface area contributed by atoms with Gasteiger partial charge in [-0.25, -0.2) is 15.0 Å². The first-order valence-corrected chi connectivity index (χ1v) is 13.4. The fourth-order valence-electron chi connectivity index (χ4n) is 4.27. The van der Waals surface area contributed by atoms with Crippen molar-refractivity contribution in [1.29, 1.82) is 5.26 Å². The summed E-state index contributed by atoms with van der Waals surface area (Å²) in [5, 5.41) is 9.25. The molecule has 0 amide bonds. The standard InChI is InChI=1S/C31H32N4O2S/c1-8-18-35(19-9-2)23-12-10-22(28(20-23)36-7)11-13-24-14-15-25(38-24)16-17-26-29(34-6)30(27(21-32)33-5)37-31(26,3)4/h10-17,20H,8-9,18-19H2,1-4,7H3/b13-11+,17-16+,30-27+. The summed E-state index contributed by atoms with van der Waals surface area (Å²) in [6, 6.07) is 12.3. The SMILES string of the molecule is [C-]#[N+]C1=C(/C=C/c2ccc(/C=C/c3ccc(N(CCC)CCC)cc3OC)s2)C(C)(C)O/C1=C(\C#N)[N+]#[C-]. The number of thiophene rings is 1. The van der Waals surface area contributed by atoms with E-state index in [0.29, 0.717) is 5.57 Å². The normalized spacial score (nSPS) is 15.7. The van der Waals surface area contributed by atoms with Crippen molar-refractivity contribution in [2.75, 3.05) is 25.1 Å². The molecule has 0 spiro atoms. The Labute approximate surface area is 230 Å². The summed E-state index contributed by atoms with van der Waals surface area (Å²) in [5.41, 5.74) is 2.03. The molecule has 1 aliphatic rings. The predicted octanol–water partition coefficient (Wildman–Crippen LogP) is 8.20. The van der Waals surface area contributed by atoms with Gasteiger partial charge in [0.2, 0.25) is 5.70 Å². The van der Waals surface area contributed by atoms with Crippen molar-refractivity contribution in [2.24, 2.45) is 0 Å². The number of anilines is 1. The molecular formula is C31H32N4O2S. The monoisotopic (exact) mass is 524 g/mol. The number of ether oxygens (including phenoxy) is 2. The van der Waals surface area contributed by atoms with Crippen molar-refractivity contribution in [3.05, 3.63) is 97.3 Å². The van der Waals surface area contributed by atoms with Crippen LogP contribution in [0.5, 0.6) is 5.75 Å². The second-order valence-corrected chi connectivity index (χ2v) is 10.4. The Balaban J connectivity index is 1.83. The molecule has 194 valence electrons. The molecule has 0 aliphatic carbocycles. The number of rotatable bonds is 10. The lowest BCUT2D eigenvalue weighted by molar-refractivity contribution is 0.0952. The zero-order chi connectivity index (χ0) is 27.7. The number of hydrogen-bond donors (Lipinski definition) is 0. The minimum absolute atomic E-state index is 0.0597. The second kappa shape index (κ2) is 12.8. The molecule has 0 atom stereocenters. The minimum atomic E-state index is -0.814. The lowest BCUT2D eigenvalue weighted by Gasteiger charge is -2.24. The molecule has 0 fully saturated rings. The fraction of sp³-hybridized carbons (Fsp3) is 0.323. The third kappa shape index (κ3) is 6.35. The fourth-order valence-corrected chi connectivity index (χ4v) is 5.09. The molecule has 38 heavy (non-hydrogen) atoms. The smallest absolute Gasteiger partial charge is 0.292 e. The van der Waals surface area contributed by atoms with Gasteiger partial charge in [0.25, 0.3) is 5.70 Å². The lowest BCUT2D eigenvalue weighted by atomic mass is 9.97. The summed E-state index contributed by atoms with van der Waals surface area (Å²) in [6.45, 7) is 24.9. The highest BCUT2D eigenvalue weighted by molar-refractivity contribution is 7.13. The lowest BCUT2D eigenvalue weighted by Crippen LogP contribution is -2.24. The predicted molar refractivity (Wildman–Crippen MR) is 156 cm³/mol. The molecule has 0 radical (unpaired) electrons. The van der Waals surface area contributed by atoms with Crippen LogP contribution in [0.1, 0.15) is 55.9 Å². The molecule has 0 bridgehead atoms. The third-order valence-electron chi connectivity index (χ3n) is 6.08. The van der Waals surface area contributed by atoms with E-state index in [-0.39, 0.29) is 17.2 Å². The molecular weight excluding hydrogens is 492 g/mol. The first-order valence-electron chi connectivity index (χ1n) is 12.5. The van der Waals surface area contributed by atoms with Crippen molar-refractivity contribution in [3.8, 4) is 11.8 Å². The molecule has 3 rings (SSSR count). The summed E-state index contributed by atoms with van der Waals surface area (Å²) in [7, 11) is 1.70.